The minimum atomic E-state index is -0.325. The first-order valence-corrected chi connectivity index (χ1v) is 7.61. The fraction of sp³-hybridized carbons (Fsp3) is 0.786. The second kappa shape index (κ2) is 5.91. The highest BCUT2D eigenvalue weighted by Crippen LogP contribution is 2.29. The lowest BCUT2D eigenvalue weighted by Gasteiger charge is -2.30. The molecule has 0 radical (unpaired) electrons. The zero-order chi connectivity index (χ0) is 13.9. The van der Waals surface area contributed by atoms with E-state index in [9.17, 15) is 4.79 Å². The lowest BCUT2D eigenvalue weighted by Crippen LogP contribution is -2.43. The van der Waals surface area contributed by atoms with Gasteiger partial charge in [0.1, 0.15) is 6.10 Å². The summed E-state index contributed by atoms with van der Waals surface area (Å²) in [5.41, 5.74) is 0.331. The Morgan fingerprint density at radius 2 is 2.25 bits per heavy atom. The van der Waals surface area contributed by atoms with Gasteiger partial charge in [0.25, 0.3) is 0 Å². The fourth-order valence-electron chi connectivity index (χ4n) is 3.00. The van der Waals surface area contributed by atoms with Gasteiger partial charge < -0.3 is 10.1 Å². The number of carbonyl (C=O) groups is 1. The molecule has 6 nitrogen and oxygen atoms in total. The standard InChI is InChI=1S/C14H22N4O2/c1-2-10-5-3-4-6-13(10)20-14(19)12-9-18(17-16-12)11-7-15-8-11/h9-11,13,15H,2-8H2,1H3. The molecule has 110 valence electrons. The van der Waals surface area contributed by atoms with Crippen molar-refractivity contribution in [3.05, 3.63) is 11.9 Å². The van der Waals surface area contributed by atoms with Crippen molar-refractivity contribution in [1.29, 1.82) is 0 Å². The Kier molecular flexibility index (Phi) is 4.00. The molecule has 1 aliphatic carbocycles. The van der Waals surface area contributed by atoms with Crippen LogP contribution < -0.4 is 5.32 Å². The highest BCUT2D eigenvalue weighted by atomic mass is 16.5. The highest BCUT2D eigenvalue weighted by molar-refractivity contribution is 5.86. The van der Waals surface area contributed by atoms with Gasteiger partial charge in [-0.3, -0.25) is 0 Å². The summed E-state index contributed by atoms with van der Waals surface area (Å²) in [5.74, 6) is 0.174. The van der Waals surface area contributed by atoms with E-state index in [1.165, 1.54) is 6.42 Å². The Bertz CT molecular complexity index is 469. The molecule has 0 bridgehead atoms. The Morgan fingerprint density at radius 1 is 1.45 bits per heavy atom. The number of hydrogen-bond acceptors (Lipinski definition) is 5. The highest BCUT2D eigenvalue weighted by Gasteiger charge is 2.29. The van der Waals surface area contributed by atoms with Crippen molar-refractivity contribution < 1.29 is 9.53 Å². The number of rotatable bonds is 4. The molecule has 1 aromatic rings. The molecule has 3 rings (SSSR count). The van der Waals surface area contributed by atoms with Crippen LogP contribution in [0.1, 0.15) is 55.6 Å². The van der Waals surface area contributed by atoms with Gasteiger partial charge in [-0.2, -0.15) is 0 Å². The van der Waals surface area contributed by atoms with E-state index in [-0.39, 0.29) is 12.1 Å². The SMILES string of the molecule is CCC1CCCCC1OC(=O)c1cn(C2CNC2)nn1. The number of esters is 1. The van der Waals surface area contributed by atoms with Crippen LogP contribution in [0.4, 0.5) is 0 Å². The number of nitrogens with one attached hydrogen (secondary N) is 1. The molecule has 1 aliphatic heterocycles. The molecule has 0 spiro atoms. The van der Waals surface area contributed by atoms with E-state index in [4.69, 9.17) is 4.74 Å². The van der Waals surface area contributed by atoms with Crippen LogP contribution in [0.2, 0.25) is 0 Å². The molecule has 1 aromatic heterocycles. The van der Waals surface area contributed by atoms with Crippen LogP contribution in [0, 0.1) is 5.92 Å². The molecule has 1 N–H and O–H groups in total. The quantitative estimate of drug-likeness (QED) is 0.846. The summed E-state index contributed by atoms with van der Waals surface area (Å²) in [4.78, 5) is 12.2. The molecule has 2 unspecified atom stereocenters. The van der Waals surface area contributed by atoms with Gasteiger partial charge in [0.05, 0.1) is 12.2 Å². The maximum atomic E-state index is 12.2. The fourth-order valence-corrected chi connectivity index (χ4v) is 3.00. The first kappa shape index (κ1) is 13.5. The summed E-state index contributed by atoms with van der Waals surface area (Å²) in [6.07, 6.45) is 7.36. The van der Waals surface area contributed by atoms with Gasteiger partial charge in [-0.15, -0.1) is 5.10 Å². The lowest BCUT2D eigenvalue weighted by molar-refractivity contribution is 0.0000998. The minimum absolute atomic E-state index is 0.0526. The van der Waals surface area contributed by atoms with Crippen LogP contribution in [0.5, 0.6) is 0 Å². The molecule has 2 aliphatic rings. The van der Waals surface area contributed by atoms with Gasteiger partial charge in [-0.05, 0) is 31.6 Å². The van der Waals surface area contributed by atoms with Crippen molar-refractivity contribution in [2.75, 3.05) is 13.1 Å². The molecule has 0 amide bonds. The van der Waals surface area contributed by atoms with Gasteiger partial charge >= 0.3 is 5.97 Å². The Hall–Kier alpha value is -1.43. The van der Waals surface area contributed by atoms with Crippen LogP contribution in [0.25, 0.3) is 0 Å². The Labute approximate surface area is 118 Å². The summed E-state index contributed by atoms with van der Waals surface area (Å²) in [7, 11) is 0. The monoisotopic (exact) mass is 278 g/mol. The summed E-state index contributed by atoms with van der Waals surface area (Å²) >= 11 is 0. The first-order valence-electron chi connectivity index (χ1n) is 7.61. The number of nitrogens with zero attached hydrogens (tertiary/aromatic N) is 3. The third kappa shape index (κ3) is 2.70. The first-order chi connectivity index (χ1) is 9.78. The molecule has 0 aromatic carbocycles. The molecule has 2 atom stereocenters. The van der Waals surface area contributed by atoms with Gasteiger partial charge in [0.15, 0.2) is 5.69 Å². The van der Waals surface area contributed by atoms with E-state index >= 15 is 0 Å². The molecule has 1 saturated carbocycles. The van der Waals surface area contributed by atoms with E-state index in [1.807, 2.05) is 0 Å². The van der Waals surface area contributed by atoms with Crippen LogP contribution in [-0.4, -0.2) is 40.2 Å². The Morgan fingerprint density at radius 3 is 2.95 bits per heavy atom. The topological polar surface area (TPSA) is 69.0 Å². The van der Waals surface area contributed by atoms with Crippen molar-refractivity contribution in [1.82, 2.24) is 20.3 Å². The third-order valence-corrected chi connectivity index (χ3v) is 4.48. The van der Waals surface area contributed by atoms with Gasteiger partial charge in [0.2, 0.25) is 0 Å². The molecule has 2 heterocycles. The number of ether oxygens (including phenoxy) is 1. The molecular weight excluding hydrogens is 256 g/mol. The second-order valence-corrected chi connectivity index (χ2v) is 5.79. The van der Waals surface area contributed by atoms with Gasteiger partial charge in [0, 0.05) is 13.1 Å². The smallest absolute Gasteiger partial charge is 0.360 e. The predicted molar refractivity (Wildman–Crippen MR) is 73.4 cm³/mol. The maximum Gasteiger partial charge on any atom is 0.360 e. The van der Waals surface area contributed by atoms with Crippen LogP contribution in [0.15, 0.2) is 6.20 Å². The number of hydrogen-bond donors (Lipinski definition) is 1. The second-order valence-electron chi connectivity index (χ2n) is 5.79. The van der Waals surface area contributed by atoms with E-state index < -0.39 is 0 Å². The van der Waals surface area contributed by atoms with Crippen molar-refractivity contribution in [2.45, 2.75) is 51.2 Å². The molecular formula is C14H22N4O2. The largest absolute Gasteiger partial charge is 0.457 e. The zero-order valence-corrected chi connectivity index (χ0v) is 11.9. The number of carbonyl (C=O) groups excluding carboxylic acids is 1. The van der Waals surface area contributed by atoms with Crippen LogP contribution >= 0.6 is 0 Å². The zero-order valence-electron chi connectivity index (χ0n) is 11.9. The summed E-state index contributed by atoms with van der Waals surface area (Å²) in [6, 6.07) is 0.321. The molecule has 6 heteroatoms. The van der Waals surface area contributed by atoms with Gasteiger partial charge in [-0.25, -0.2) is 9.48 Å². The predicted octanol–water partition coefficient (Wildman–Crippen LogP) is 1.55. The average molecular weight is 278 g/mol. The van der Waals surface area contributed by atoms with Crippen molar-refractivity contribution in [3.8, 4) is 0 Å². The molecule has 1 saturated heterocycles. The van der Waals surface area contributed by atoms with Crippen molar-refractivity contribution in [3.63, 3.8) is 0 Å². The lowest BCUT2D eigenvalue weighted by atomic mass is 9.85. The van der Waals surface area contributed by atoms with Crippen LogP contribution in [0.3, 0.4) is 0 Å². The van der Waals surface area contributed by atoms with E-state index in [1.54, 1.807) is 10.9 Å². The van der Waals surface area contributed by atoms with Gasteiger partial charge in [-0.1, -0.05) is 18.6 Å². The number of aromatic nitrogens is 3. The van der Waals surface area contributed by atoms with Crippen molar-refractivity contribution >= 4 is 5.97 Å². The third-order valence-electron chi connectivity index (χ3n) is 4.48. The molecule has 2 fully saturated rings. The maximum absolute atomic E-state index is 12.2. The summed E-state index contributed by atoms with van der Waals surface area (Å²) in [5, 5.41) is 11.1. The minimum Gasteiger partial charge on any atom is -0.457 e. The summed E-state index contributed by atoms with van der Waals surface area (Å²) in [6.45, 7) is 3.94. The van der Waals surface area contributed by atoms with Crippen molar-refractivity contribution in [2.24, 2.45) is 5.92 Å². The average Bonchev–Trinajstić information content (AvgIpc) is 2.87. The molecule has 20 heavy (non-hydrogen) atoms. The Balaban J connectivity index is 1.61. The normalized spacial score (nSPS) is 27.1. The summed E-state index contributed by atoms with van der Waals surface area (Å²) < 4.78 is 7.41. The van der Waals surface area contributed by atoms with Crippen LogP contribution in [-0.2, 0) is 4.74 Å². The van der Waals surface area contributed by atoms with E-state index in [0.717, 1.165) is 38.8 Å². The van der Waals surface area contributed by atoms with E-state index in [0.29, 0.717) is 17.7 Å². The van der Waals surface area contributed by atoms with E-state index in [2.05, 4.69) is 22.6 Å².